The predicted molar refractivity (Wildman–Crippen MR) is 119 cm³/mol. The number of rotatable bonds is 2. The van der Waals surface area contributed by atoms with E-state index in [-0.39, 0.29) is 0 Å². The third kappa shape index (κ3) is 2.41. The maximum Gasteiger partial charge on any atom is 0.161 e. The van der Waals surface area contributed by atoms with Crippen molar-refractivity contribution in [2.75, 3.05) is 0 Å². The zero-order valence-corrected chi connectivity index (χ0v) is 16.0. The minimum Gasteiger partial charge on any atom is -0.454 e. The van der Waals surface area contributed by atoms with Crippen LogP contribution in [0, 0.1) is 0 Å². The Balaban J connectivity index is 1.58. The Bertz CT molecular complexity index is 1510. The fourth-order valence-electron chi connectivity index (χ4n) is 4.22. The van der Waals surface area contributed by atoms with Crippen LogP contribution in [-0.4, -0.2) is 9.55 Å². The van der Waals surface area contributed by atoms with E-state index in [0.717, 1.165) is 33.6 Å². The quantitative estimate of drug-likeness (QED) is 0.333. The SMILES string of the molecule is Cn1c2ccccc2c2ccc(-c3nccc4cc(-c5ccccc5)oc34)cc21. The monoisotopic (exact) mass is 374 g/mol. The fraction of sp³-hybridized carbons (Fsp3) is 0.0385. The average molecular weight is 374 g/mol. The van der Waals surface area contributed by atoms with Gasteiger partial charge in [-0.1, -0.05) is 60.7 Å². The first-order chi connectivity index (χ1) is 14.3. The highest BCUT2D eigenvalue weighted by atomic mass is 16.3. The number of benzene rings is 3. The Kier molecular flexibility index (Phi) is 3.38. The molecule has 0 bridgehead atoms. The van der Waals surface area contributed by atoms with Crippen molar-refractivity contribution in [2.45, 2.75) is 0 Å². The Labute approximate surface area is 167 Å². The molecule has 0 aliphatic carbocycles. The summed E-state index contributed by atoms with van der Waals surface area (Å²) in [5, 5.41) is 3.58. The molecule has 0 saturated carbocycles. The molecule has 0 N–H and O–H groups in total. The van der Waals surface area contributed by atoms with Crippen molar-refractivity contribution in [3.8, 4) is 22.6 Å². The summed E-state index contributed by atoms with van der Waals surface area (Å²) in [6.45, 7) is 0. The molecule has 0 aliphatic heterocycles. The molecule has 29 heavy (non-hydrogen) atoms. The number of hydrogen-bond acceptors (Lipinski definition) is 2. The summed E-state index contributed by atoms with van der Waals surface area (Å²) in [6, 6.07) is 29.3. The van der Waals surface area contributed by atoms with E-state index in [0.29, 0.717) is 0 Å². The van der Waals surface area contributed by atoms with Crippen molar-refractivity contribution in [1.29, 1.82) is 0 Å². The highest BCUT2D eigenvalue weighted by Gasteiger charge is 2.14. The molecule has 0 fully saturated rings. The first kappa shape index (κ1) is 16.1. The Morgan fingerprint density at radius 2 is 1.52 bits per heavy atom. The number of fused-ring (bicyclic) bond motifs is 4. The second kappa shape index (κ2) is 6.08. The summed E-state index contributed by atoms with van der Waals surface area (Å²) in [4.78, 5) is 4.67. The minimum atomic E-state index is 0.824. The van der Waals surface area contributed by atoms with Gasteiger partial charge >= 0.3 is 0 Å². The lowest BCUT2D eigenvalue weighted by Gasteiger charge is -2.04. The standard InChI is InChI=1S/C26H18N2O/c1-28-22-10-6-5-9-20(22)21-12-11-18(15-23(21)28)25-26-19(13-14-27-25)16-24(29-26)17-7-3-2-4-8-17/h2-16H,1H3. The third-order valence-electron chi connectivity index (χ3n) is 5.68. The van der Waals surface area contributed by atoms with Crippen LogP contribution in [0.2, 0.25) is 0 Å². The summed E-state index contributed by atoms with van der Waals surface area (Å²) < 4.78 is 8.51. The van der Waals surface area contributed by atoms with Gasteiger partial charge in [-0.05, 0) is 24.3 Å². The van der Waals surface area contributed by atoms with E-state index in [1.165, 1.54) is 21.8 Å². The molecule has 0 saturated heterocycles. The number of para-hydroxylation sites is 1. The van der Waals surface area contributed by atoms with Crippen LogP contribution < -0.4 is 0 Å². The zero-order valence-electron chi connectivity index (χ0n) is 16.0. The number of aromatic nitrogens is 2. The van der Waals surface area contributed by atoms with Gasteiger partial charge in [0.2, 0.25) is 0 Å². The number of hydrogen-bond donors (Lipinski definition) is 0. The molecule has 138 valence electrons. The minimum absolute atomic E-state index is 0.824. The van der Waals surface area contributed by atoms with E-state index in [2.05, 4.69) is 77.3 Å². The van der Waals surface area contributed by atoms with Crippen LogP contribution in [0.15, 0.2) is 95.5 Å². The molecule has 3 heteroatoms. The van der Waals surface area contributed by atoms with E-state index in [4.69, 9.17) is 4.42 Å². The molecule has 6 rings (SSSR count). The van der Waals surface area contributed by atoms with E-state index < -0.39 is 0 Å². The van der Waals surface area contributed by atoms with Gasteiger partial charge in [-0.25, -0.2) is 0 Å². The first-order valence-corrected chi connectivity index (χ1v) is 9.71. The van der Waals surface area contributed by atoms with Gasteiger partial charge in [-0.3, -0.25) is 4.98 Å². The van der Waals surface area contributed by atoms with Crippen LogP contribution in [0.25, 0.3) is 55.4 Å². The van der Waals surface area contributed by atoms with Crippen molar-refractivity contribution >= 4 is 32.8 Å². The van der Waals surface area contributed by atoms with Gasteiger partial charge < -0.3 is 8.98 Å². The van der Waals surface area contributed by atoms with E-state index in [1.807, 2.05) is 30.5 Å². The molecule has 0 spiro atoms. The van der Waals surface area contributed by atoms with Crippen molar-refractivity contribution in [3.63, 3.8) is 0 Å². The van der Waals surface area contributed by atoms with Gasteiger partial charge in [0.1, 0.15) is 11.5 Å². The molecule has 0 radical (unpaired) electrons. The molecule has 3 nitrogen and oxygen atoms in total. The molecule has 6 aromatic rings. The average Bonchev–Trinajstić information content (AvgIpc) is 3.34. The smallest absolute Gasteiger partial charge is 0.161 e. The largest absolute Gasteiger partial charge is 0.454 e. The summed E-state index contributed by atoms with van der Waals surface area (Å²) in [5.74, 6) is 0.862. The first-order valence-electron chi connectivity index (χ1n) is 9.71. The zero-order chi connectivity index (χ0) is 19.4. The highest BCUT2D eigenvalue weighted by Crippen LogP contribution is 2.36. The predicted octanol–water partition coefficient (Wildman–Crippen LogP) is 6.81. The van der Waals surface area contributed by atoms with E-state index >= 15 is 0 Å². The number of furan rings is 1. The third-order valence-corrected chi connectivity index (χ3v) is 5.68. The van der Waals surface area contributed by atoms with Crippen molar-refractivity contribution < 1.29 is 4.42 Å². The maximum atomic E-state index is 6.27. The summed E-state index contributed by atoms with van der Waals surface area (Å²) in [5.41, 5.74) is 6.25. The van der Waals surface area contributed by atoms with Crippen LogP contribution in [0.1, 0.15) is 0 Å². The molecule has 3 heterocycles. The summed E-state index contributed by atoms with van der Waals surface area (Å²) >= 11 is 0. The molecular formula is C26H18N2O. The molecule has 0 amide bonds. The summed E-state index contributed by atoms with van der Waals surface area (Å²) in [7, 11) is 2.11. The lowest BCUT2D eigenvalue weighted by atomic mass is 10.1. The van der Waals surface area contributed by atoms with Gasteiger partial charge in [0.25, 0.3) is 0 Å². The molecule has 3 aromatic carbocycles. The Hall–Kier alpha value is -3.85. The second-order valence-electron chi connectivity index (χ2n) is 7.36. The maximum absolute atomic E-state index is 6.27. The number of nitrogens with zero attached hydrogens (tertiary/aromatic N) is 2. The number of aryl methyl sites for hydroxylation is 1. The Morgan fingerprint density at radius 3 is 2.41 bits per heavy atom. The van der Waals surface area contributed by atoms with Crippen LogP contribution in [-0.2, 0) is 7.05 Å². The van der Waals surface area contributed by atoms with Crippen LogP contribution in [0.5, 0.6) is 0 Å². The fourth-order valence-corrected chi connectivity index (χ4v) is 4.22. The van der Waals surface area contributed by atoms with E-state index in [9.17, 15) is 0 Å². The van der Waals surface area contributed by atoms with Crippen LogP contribution in [0.4, 0.5) is 0 Å². The van der Waals surface area contributed by atoms with Crippen molar-refractivity contribution in [1.82, 2.24) is 9.55 Å². The van der Waals surface area contributed by atoms with Crippen LogP contribution in [0.3, 0.4) is 0 Å². The molecule has 0 aliphatic rings. The van der Waals surface area contributed by atoms with Gasteiger partial charge in [0.15, 0.2) is 5.58 Å². The molecule has 3 aromatic heterocycles. The van der Waals surface area contributed by atoms with Gasteiger partial charge in [0, 0.05) is 51.6 Å². The lowest BCUT2D eigenvalue weighted by molar-refractivity contribution is 0.631. The van der Waals surface area contributed by atoms with Gasteiger partial charge in [0.05, 0.1) is 0 Å². The molecule has 0 atom stereocenters. The van der Waals surface area contributed by atoms with Gasteiger partial charge in [-0.15, -0.1) is 0 Å². The highest BCUT2D eigenvalue weighted by molar-refractivity contribution is 6.09. The Morgan fingerprint density at radius 1 is 0.724 bits per heavy atom. The van der Waals surface area contributed by atoms with Gasteiger partial charge in [-0.2, -0.15) is 0 Å². The van der Waals surface area contributed by atoms with Crippen molar-refractivity contribution in [3.05, 3.63) is 91.1 Å². The molecular weight excluding hydrogens is 356 g/mol. The normalized spacial score (nSPS) is 11.6. The van der Waals surface area contributed by atoms with Crippen molar-refractivity contribution in [2.24, 2.45) is 7.05 Å². The molecule has 0 unspecified atom stereocenters. The summed E-state index contributed by atoms with van der Waals surface area (Å²) in [6.07, 6.45) is 1.85. The van der Waals surface area contributed by atoms with E-state index in [1.54, 1.807) is 0 Å². The number of pyridine rings is 1. The van der Waals surface area contributed by atoms with Crippen LogP contribution >= 0.6 is 0 Å². The topological polar surface area (TPSA) is 31.0 Å². The second-order valence-corrected chi connectivity index (χ2v) is 7.36. The lowest BCUT2D eigenvalue weighted by Crippen LogP contribution is -1.88.